The Balaban J connectivity index is 2.70. The predicted molar refractivity (Wildman–Crippen MR) is 66.4 cm³/mol. The fraction of sp³-hybridized carbons (Fsp3) is 0.364. The minimum Gasteiger partial charge on any atom is -0.350 e. The van der Waals surface area contributed by atoms with Gasteiger partial charge in [0.05, 0.1) is 0 Å². The molecule has 0 unspecified atom stereocenters. The predicted octanol–water partition coefficient (Wildman–Crippen LogP) is 2.82. The number of amides is 1. The van der Waals surface area contributed by atoms with E-state index in [0.29, 0.717) is 0 Å². The molecule has 0 radical (unpaired) electrons. The highest BCUT2D eigenvalue weighted by atomic mass is 127. The lowest BCUT2D eigenvalue weighted by Crippen LogP contribution is -2.31. The monoisotopic (exact) mass is 303 g/mol. The number of carbonyl (C=O) groups excluding carboxylic acids is 1. The van der Waals surface area contributed by atoms with Gasteiger partial charge in [-0.25, -0.2) is 0 Å². The quantitative estimate of drug-likeness (QED) is 0.855. The van der Waals surface area contributed by atoms with Crippen LogP contribution in [0.2, 0.25) is 0 Å². The molecule has 0 saturated carbocycles. The molecule has 0 saturated heterocycles. The summed E-state index contributed by atoms with van der Waals surface area (Å²) in [5.41, 5.74) is 0.734. The van der Waals surface area contributed by atoms with Crippen LogP contribution >= 0.6 is 22.6 Å². The Kier molecular flexibility index (Phi) is 4.38. The van der Waals surface area contributed by atoms with Crippen LogP contribution in [-0.2, 0) is 0 Å². The molecule has 0 heterocycles. The summed E-state index contributed by atoms with van der Waals surface area (Å²) in [4.78, 5) is 11.7. The third-order valence-electron chi connectivity index (χ3n) is 2.08. The second kappa shape index (κ2) is 5.34. The molecule has 0 spiro atoms. The minimum atomic E-state index is 0.0119. The third-order valence-corrected chi connectivity index (χ3v) is 2.75. The Hall–Kier alpha value is -0.580. The van der Waals surface area contributed by atoms with Crippen molar-refractivity contribution in [3.63, 3.8) is 0 Å². The molecule has 2 nitrogen and oxygen atoms in total. The number of nitrogens with one attached hydrogen (secondary N) is 1. The van der Waals surface area contributed by atoms with Crippen LogP contribution in [0.4, 0.5) is 0 Å². The average Bonchev–Trinajstić information content (AvgIpc) is 2.17. The van der Waals surface area contributed by atoms with Crippen molar-refractivity contribution in [1.29, 1.82) is 0 Å². The normalized spacial score (nSPS) is 12.2. The molecule has 1 rings (SSSR count). The molecule has 3 heteroatoms. The van der Waals surface area contributed by atoms with Crippen LogP contribution in [-0.4, -0.2) is 11.9 Å². The molecule has 0 aliphatic heterocycles. The van der Waals surface area contributed by atoms with Gasteiger partial charge in [-0.3, -0.25) is 4.79 Å². The van der Waals surface area contributed by atoms with E-state index in [1.807, 2.05) is 31.2 Å². The van der Waals surface area contributed by atoms with E-state index >= 15 is 0 Å². The van der Waals surface area contributed by atoms with Gasteiger partial charge in [0.15, 0.2) is 0 Å². The van der Waals surface area contributed by atoms with Crippen LogP contribution < -0.4 is 5.32 Å². The summed E-state index contributed by atoms with van der Waals surface area (Å²) in [6, 6.07) is 7.83. The lowest BCUT2D eigenvalue weighted by Gasteiger charge is -2.11. The maximum absolute atomic E-state index is 11.7. The Labute approximate surface area is 98.2 Å². The molecule has 1 aromatic rings. The Morgan fingerprint density at radius 2 is 2.29 bits per heavy atom. The van der Waals surface area contributed by atoms with Crippen molar-refractivity contribution in [3.05, 3.63) is 33.4 Å². The fourth-order valence-electron chi connectivity index (χ4n) is 1.04. The maximum Gasteiger partial charge on any atom is 0.251 e. The number of hydrogen-bond donors (Lipinski definition) is 1. The van der Waals surface area contributed by atoms with Crippen LogP contribution in [0.15, 0.2) is 24.3 Å². The fourth-order valence-corrected chi connectivity index (χ4v) is 1.58. The zero-order chi connectivity index (χ0) is 10.6. The van der Waals surface area contributed by atoms with E-state index in [4.69, 9.17) is 0 Å². The van der Waals surface area contributed by atoms with Gasteiger partial charge in [-0.15, -0.1) is 0 Å². The Morgan fingerprint density at radius 1 is 1.57 bits per heavy atom. The molecule has 76 valence electrons. The first-order valence-electron chi connectivity index (χ1n) is 4.70. The second-order valence-corrected chi connectivity index (χ2v) is 4.54. The highest BCUT2D eigenvalue weighted by Crippen LogP contribution is 2.07. The summed E-state index contributed by atoms with van der Waals surface area (Å²) < 4.78 is 1.08. The first-order chi connectivity index (χ1) is 6.63. The number of benzene rings is 1. The van der Waals surface area contributed by atoms with Gasteiger partial charge in [0.25, 0.3) is 5.91 Å². The van der Waals surface area contributed by atoms with Crippen LogP contribution in [0.3, 0.4) is 0 Å². The highest BCUT2D eigenvalue weighted by Gasteiger charge is 2.07. The largest absolute Gasteiger partial charge is 0.350 e. The molecule has 1 amide bonds. The van der Waals surface area contributed by atoms with Gasteiger partial charge in [0, 0.05) is 15.2 Å². The third kappa shape index (κ3) is 3.29. The van der Waals surface area contributed by atoms with Crippen molar-refractivity contribution in [2.24, 2.45) is 0 Å². The van der Waals surface area contributed by atoms with Crippen LogP contribution in [0, 0.1) is 3.57 Å². The highest BCUT2D eigenvalue weighted by molar-refractivity contribution is 14.1. The molecule has 0 aromatic heterocycles. The standard InChI is InChI=1S/C11H14INO/c1-3-8(2)13-11(14)9-5-4-6-10(12)7-9/h4-8H,3H2,1-2H3,(H,13,14)/t8-/m1/s1. The topological polar surface area (TPSA) is 29.1 Å². The molecular weight excluding hydrogens is 289 g/mol. The van der Waals surface area contributed by atoms with Gasteiger partial charge in [-0.2, -0.15) is 0 Å². The lowest BCUT2D eigenvalue weighted by molar-refractivity contribution is 0.0939. The smallest absolute Gasteiger partial charge is 0.251 e. The molecule has 0 aliphatic carbocycles. The number of halogens is 1. The molecule has 1 atom stereocenters. The van der Waals surface area contributed by atoms with Gasteiger partial charge in [0.2, 0.25) is 0 Å². The van der Waals surface area contributed by atoms with Gasteiger partial charge in [-0.05, 0) is 54.1 Å². The van der Waals surface area contributed by atoms with Crippen LogP contribution in [0.5, 0.6) is 0 Å². The molecule has 0 aliphatic rings. The summed E-state index contributed by atoms with van der Waals surface area (Å²) in [6.07, 6.45) is 0.954. The molecule has 1 N–H and O–H groups in total. The molecule has 14 heavy (non-hydrogen) atoms. The van der Waals surface area contributed by atoms with Crippen molar-refractivity contribution >= 4 is 28.5 Å². The van der Waals surface area contributed by atoms with Crippen LogP contribution in [0.25, 0.3) is 0 Å². The zero-order valence-electron chi connectivity index (χ0n) is 8.38. The Bertz CT molecular complexity index is 325. The maximum atomic E-state index is 11.7. The summed E-state index contributed by atoms with van der Waals surface area (Å²) in [6.45, 7) is 4.06. The molecule has 1 aromatic carbocycles. The summed E-state index contributed by atoms with van der Waals surface area (Å²) in [5.74, 6) is 0.0119. The molecule has 0 bridgehead atoms. The number of rotatable bonds is 3. The molecular formula is C11H14INO. The zero-order valence-corrected chi connectivity index (χ0v) is 10.5. The van der Waals surface area contributed by atoms with E-state index in [0.717, 1.165) is 15.6 Å². The van der Waals surface area contributed by atoms with Crippen molar-refractivity contribution in [2.75, 3.05) is 0 Å². The van der Waals surface area contributed by atoms with E-state index in [9.17, 15) is 4.79 Å². The van der Waals surface area contributed by atoms with Crippen molar-refractivity contribution in [3.8, 4) is 0 Å². The van der Waals surface area contributed by atoms with E-state index in [2.05, 4.69) is 34.8 Å². The van der Waals surface area contributed by atoms with Crippen molar-refractivity contribution < 1.29 is 4.79 Å². The molecule has 0 fully saturated rings. The van der Waals surface area contributed by atoms with Crippen LogP contribution in [0.1, 0.15) is 30.6 Å². The van der Waals surface area contributed by atoms with Gasteiger partial charge in [-0.1, -0.05) is 13.0 Å². The van der Waals surface area contributed by atoms with Gasteiger partial charge >= 0.3 is 0 Å². The van der Waals surface area contributed by atoms with E-state index in [1.165, 1.54) is 0 Å². The van der Waals surface area contributed by atoms with E-state index in [1.54, 1.807) is 0 Å². The number of carbonyl (C=O) groups is 1. The second-order valence-electron chi connectivity index (χ2n) is 3.29. The SMILES string of the molecule is CC[C@@H](C)NC(=O)c1cccc(I)c1. The first kappa shape index (κ1) is 11.5. The minimum absolute atomic E-state index is 0.0119. The summed E-state index contributed by atoms with van der Waals surface area (Å²) in [5, 5.41) is 2.93. The van der Waals surface area contributed by atoms with Crippen molar-refractivity contribution in [2.45, 2.75) is 26.3 Å². The van der Waals surface area contributed by atoms with Gasteiger partial charge in [0.1, 0.15) is 0 Å². The number of hydrogen-bond acceptors (Lipinski definition) is 1. The Morgan fingerprint density at radius 3 is 2.86 bits per heavy atom. The average molecular weight is 303 g/mol. The summed E-state index contributed by atoms with van der Waals surface area (Å²) in [7, 11) is 0. The van der Waals surface area contributed by atoms with E-state index in [-0.39, 0.29) is 11.9 Å². The lowest BCUT2D eigenvalue weighted by atomic mass is 10.2. The first-order valence-corrected chi connectivity index (χ1v) is 5.77. The summed E-state index contributed by atoms with van der Waals surface area (Å²) >= 11 is 2.20. The van der Waals surface area contributed by atoms with Gasteiger partial charge < -0.3 is 5.32 Å². The van der Waals surface area contributed by atoms with E-state index < -0.39 is 0 Å². The van der Waals surface area contributed by atoms with Crippen molar-refractivity contribution in [1.82, 2.24) is 5.32 Å².